The zero-order valence-corrected chi connectivity index (χ0v) is 15.4. The van der Waals surface area contributed by atoms with Gasteiger partial charge in [0.15, 0.2) is 0 Å². The highest BCUT2D eigenvalue weighted by molar-refractivity contribution is 6.30. The fourth-order valence-electron chi connectivity index (χ4n) is 3.11. The number of benzene rings is 2. The molecule has 1 aliphatic heterocycles. The normalized spacial score (nSPS) is 14.3. The molecule has 1 aliphatic rings. The zero-order valence-electron chi connectivity index (χ0n) is 14.6. The summed E-state index contributed by atoms with van der Waals surface area (Å²) in [6.07, 6.45) is 1.69. The van der Waals surface area contributed by atoms with Gasteiger partial charge in [0.25, 0.3) is 0 Å². The Balaban J connectivity index is 1.43. The van der Waals surface area contributed by atoms with Crippen molar-refractivity contribution < 1.29 is 4.39 Å². The molecule has 0 spiro atoms. The third-order valence-corrected chi connectivity index (χ3v) is 4.75. The second-order valence-electron chi connectivity index (χ2n) is 6.30. The van der Waals surface area contributed by atoms with E-state index in [0.717, 1.165) is 36.9 Å². The molecule has 5 nitrogen and oxygen atoms in total. The van der Waals surface area contributed by atoms with Crippen molar-refractivity contribution in [2.45, 2.75) is 0 Å². The lowest BCUT2D eigenvalue weighted by atomic mass is 10.2. The molecule has 0 aliphatic carbocycles. The molecule has 0 unspecified atom stereocenters. The molecule has 1 saturated heterocycles. The highest BCUT2D eigenvalue weighted by atomic mass is 35.5. The van der Waals surface area contributed by atoms with Crippen molar-refractivity contribution in [3.63, 3.8) is 0 Å². The fraction of sp³-hybridized carbons (Fsp3) is 0.200. The maximum absolute atomic E-state index is 13.8. The summed E-state index contributed by atoms with van der Waals surface area (Å²) in [5.74, 6) is 0.900. The van der Waals surface area contributed by atoms with E-state index in [1.165, 1.54) is 6.07 Å². The van der Waals surface area contributed by atoms with E-state index in [-0.39, 0.29) is 5.82 Å². The molecular formula is C20H19ClFN5. The fourth-order valence-corrected chi connectivity index (χ4v) is 3.29. The summed E-state index contributed by atoms with van der Waals surface area (Å²) in [5, 5.41) is 3.76. The van der Waals surface area contributed by atoms with Crippen LogP contribution in [0.15, 0.2) is 60.8 Å². The van der Waals surface area contributed by atoms with Gasteiger partial charge in [-0.05, 0) is 36.4 Å². The highest BCUT2D eigenvalue weighted by Crippen LogP contribution is 2.23. The van der Waals surface area contributed by atoms with Gasteiger partial charge in [0.2, 0.25) is 5.95 Å². The predicted molar refractivity (Wildman–Crippen MR) is 108 cm³/mol. The smallest absolute Gasteiger partial charge is 0.227 e. The number of anilines is 4. The van der Waals surface area contributed by atoms with Crippen molar-refractivity contribution in [3.8, 4) is 0 Å². The van der Waals surface area contributed by atoms with Crippen molar-refractivity contribution in [1.29, 1.82) is 0 Å². The molecule has 0 radical (unpaired) electrons. The van der Waals surface area contributed by atoms with Gasteiger partial charge in [0, 0.05) is 43.1 Å². The second-order valence-corrected chi connectivity index (χ2v) is 6.74. The van der Waals surface area contributed by atoms with Crippen LogP contribution in [0.1, 0.15) is 0 Å². The van der Waals surface area contributed by atoms with E-state index in [2.05, 4.69) is 31.2 Å². The average Bonchev–Trinajstić information content (AvgIpc) is 2.70. The summed E-state index contributed by atoms with van der Waals surface area (Å²) in [6, 6.07) is 16.2. The van der Waals surface area contributed by atoms with Gasteiger partial charge >= 0.3 is 0 Å². The first kappa shape index (κ1) is 17.5. The SMILES string of the molecule is Fc1ccccc1Nc1ccnc(N2CCN(c3cccc(Cl)c3)CC2)n1. The molecule has 2 aromatic carbocycles. The first-order valence-electron chi connectivity index (χ1n) is 8.79. The summed E-state index contributed by atoms with van der Waals surface area (Å²) in [6.45, 7) is 3.31. The van der Waals surface area contributed by atoms with Crippen molar-refractivity contribution in [2.75, 3.05) is 41.3 Å². The molecular weight excluding hydrogens is 365 g/mol. The maximum atomic E-state index is 13.8. The van der Waals surface area contributed by atoms with Gasteiger partial charge in [-0.25, -0.2) is 9.37 Å². The molecule has 0 atom stereocenters. The summed E-state index contributed by atoms with van der Waals surface area (Å²) in [5.41, 5.74) is 1.52. The molecule has 1 aromatic heterocycles. The third-order valence-electron chi connectivity index (χ3n) is 4.52. The molecule has 138 valence electrons. The Bertz CT molecular complexity index is 928. The van der Waals surface area contributed by atoms with Crippen molar-refractivity contribution in [1.82, 2.24) is 9.97 Å². The Morgan fingerprint density at radius 3 is 2.48 bits per heavy atom. The van der Waals surface area contributed by atoms with Crippen LogP contribution in [0.3, 0.4) is 0 Å². The first-order chi connectivity index (χ1) is 13.2. The topological polar surface area (TPSA) is 44.3 Å². The molecule has 1 N–H and O–H groups in total. The predicted octanol–water partition coefficient (Wildman–Crippen LogP) is 4.34. The third kappa shape index (κ3) is 4.11. The Labute approximate surface area is 162 Å². The molecule has 0 amide bonds. The molecule has 0 bridgehead atoms. The number of hydrogen-bond acceptors (Lipinski definition) is 5. The number of para-hydroxylation sites is 1. The Morgan fingerprint density at radius 1 is 0.926 bits per heavy atom. The first-order valence-corrected chi connectivity index (χ1v) is 9.17. The average molecular weight is 384 g/mol. The van der Waals surface area contributed by atoms with Gasteiger partial charge in [-0.1, -0.05) is 29.8 Å². The number of rotatable bonds is 4. The Kier molecular flexibility index (Phi) is 5.07. The maximum Gasteiger partial charge on any atom is 0.227 e. The van der Waals surface area contributed by atoms with Crippen LogP contribution in [-0.4, -0.2) is 36.1 Å². The van der Waals surface area contributed by atoms with Crippen LogP contribution < -0.4 is 15.1 Å². The van der Waals surface area contributed by atoms with E-state index in [1.54, 1.807) is 30.5 Å². The zero-order chi connectivity index (χ0) is 18.6. The minimum atomic E-state index is -0.312. The van der Waals surface area contributed by atoms with Gasteiger partial charge in [0.05, 0.1) is 5.69 Å². The molecule has 3 aromatic rings. The summed E-state index contributed by atoms with van der Waals surface area (Å²) >= 11 is 6.09. The standard InChI is InChI=1S/C20H19ClFN5/c21-15-4-3-5-16(14-15)26-10-12-27(13-11-26)20-23-9-8-19(25-20)24-18-7-2-1-6-17(18)22/h1-9,14H,10-13H2,(H,23,24,25). The van der Waals surface area contributed by atoms with E-state index in [1.807, 2.05) is 18.2 Å². The summed E-state index contributed by atoms with van der Waals surface area (Å²) < 4.78 is 13.8. The quantitative estimate of drug-likeness (QED) is 0.726. The Morgan fingerprint density at radius 2 is 1.70 bits per heavy atom. The van der Waals surface area contributed by atoms with E-state index >= 15 is 0 Å². The lowest BCUT2D eigenvalue weighted by Crippen LogP contribution is -2.47. The van der Waals surface area contributed by atoms with Crippen LogP contribution in [0.4, 0.5) is 27.5 Å². The molecule has 27 heavy (non-hydrogen) atoms. The number of aromatic nitrogens is 2. The molecule has 4 rings (SSSR count). The van der Waals surface area contributed by atoms with Gasteiger partial charge in [-0.3, -0.25) is 0 Å². The van der Waals surface area contributed by atoms with E-state index in [0.29, 0.717) is 17.5 Å². The van der Waals surface area contributed by atoms with E-state index in [9.17, 15) is 4.39 Å². The van der Waals surface area contributed by atoms with Crippen LogP contribution >= 0.6 is 11.6 Å². The van der Waals surface area contributed by atoms with Gasteiger partial charge in [0.1, 0.15) is 11.6 Å². The van der Waals surface area contributed by atoms with Crippen molar-refractivity contribution in [2.24, 2.45) is 0 Å². The minimum absolute atomic E-state index is 0.312. The molecule has 7 heteroatoms. The number of halogens is 2. The van der Waals surface area contributed by atoms with Crippen LogP contribution in [-0.2, 0) is 0 Å². The van der Waals surface area contributed by atoms with Crippen molar-refractivity contribution in [3.05, 3.63) is 71.6 Å². The van der Waals surface area contributed by atoms with Crippen LogP contribution in [0.5, 0.6) is 0 Å². The van der Waals surface area contributed by atoms with Gasteiger partial charge in [-0.2, -0.15) is 4.98 Å². The molecule has 2 heterocycles. The lowest BCUT2D eigenvalue weighted by molar-refractivity contribution is 0.631. The van der Waals surface area contributed by atoms with Crippen molar-refractivity contribution >= 4 is 34.7 Å². The Hall–Kier alpha value is -2.86. The van der Waals surface area contributed by atoms with Crippen LogP contribution in [0.25, 0.3) is 0 Å². The van der Waals surface area contributed by atoms with Crippen LogP contribution in [0.2, 0.25) is 5.02 Å². The monoisotopic (exact) mass is 383 g/mol. The molecule has 1 fully saturated rings. The highest BCUT2D eigenvalue weighted by Gasteiger charge is 2.19. The van der Waals surface area contributed by atoms with E-state index in [4.69, 9.17) is 11.6 Å². The lowest BCUT2D eigenvalue weighted by Gasteiger charge is -2.36. The number of nitrogens with zero attached hydrogens (tertiary/aromatic N) is 4. The van der Waals surface area contributed by atoms with E-state index < -0.39 is 0 Å². The number of piperazine rings is 1. The minimum Gasteiger partial charge on any atom is -0.368 e. The summed E-state index contributed by atoms with van der Waals surface area (Å²) in [7, 11) is 0. The second kappa shape index (κ2) is 7.80. The summed E-state index contributed by atoms with van der Waals surface area (Å²) in [4.78, 5) is 13.4. The number of hydrogen-bond donors (Lipinski definition) is 1. The van der Waals surface area contributed by atoms with Gasteiger partial charge in [-0.15, -0.1) is 0 Å². The van der Waals surface area contributed by atoms with Crippen LogP contribution in [0, 0.1) is 5.82 Å². The molecule has 0 saturated carbocycles. The van der Waals surface area contributed by atoms with Gasteiger partial charge < -0.3 is 15.1 Å². The number of nitrogens with one attached hydrogen (secondary N) is 1. The largest absolute Gasteiger partial charge is 0.368 e.